The molecule has 0 bridgehead atoms. The Hall–Kier alpha value is -0.900. The zero-order valence-corrected chi connectivity index (χ0v) is 6.38. The topological polar surface area (TPSA) is 52.0 Å². The Morgan fingerprint density at radius 1 is 1.82 bits per heavy atom. The number of hydrogen-bond acceptors (Lipinski definition) is 3. The summed E-state index contributed by atoms with van der Waals surface area (Å²) >= 11 is 0. The first kappa shape index (κ1) is 8.20. The first-order valence-electron chi connectivity index (χ1n) is 3.51. The van der Waals surface area contributed by atoms with Crippen LogP contribution in [0, 0.1) is 6.92 Å². The zero-order valence-electron chi connectivity index (χ0n) is 6.38. The van der Waals surface area contributed by atoms with Crippen LogP contribution in [0.25, 0.3) is 0 Å². The van der Waals surface area contributed by atoms with E-state index in [4.69, 9.17) is 10.3 Å². The molecule has 1 unspecified atom stereocenters. The smallest absolute Gasteiger partial charge is 0.139 e. The van der Waals surface area contributed by atoms with Gasteiger partial charge in [0.2, 0.25) is 0 Å². The molecule has 1 heterocycles. The van der Waals surface area contributed by atoms with Crippen molar-refractivity contribution in [1.82, 2.24) is 5.16 Å². The number of nitrogens with zero attached hydrogens (tertiary/aromatic N) is 1. The molecule has 4 heteroatoms. The second kappa shape index (κ2) is 3.48. The highest BCUT2D eigenvalue weighted by Crippen LogP contribution is 2.22. The molecule has 0 saturated carbocycles. The third-order valence-electron chi connectivity index (χ3n) is 1.55. The van der Waals surface area contributed by atoms with Crippen LogP contribution in [-0.4, -0.2) is 11.7 Å². The van der Waals surface area contributed by atoms with Crippen LogP contribution >= 0.6 is 0 Å². The standard InChI is InChI=1S/C7H11FN2O/c1-5-6(4-10-11-5)7(8)2-3-9/h4,7H,2-3,9H2,1H3. The summed E-state index contributed by atoms with van der Waals surface area (Å²) in [5.74, 6) is 0.533. The average molecular weight is 158 g/mol. The molecule has 1 atom stereocenters. The van der Waals surface area contributed by atoms with Gasteiger partial charge in [-0.25, -0.2) is 4.39 Å². The van der Waals surface area contributed by atoms with Crippen molar-refractivity contribution in [2.75, 3.05) is 6.54 Å². The molecule has 0 aromatic carbocycles. The molecule has 11 heavy (non-hydrogen) atoms. The second-order valence-corrected chi connectivity index (χ2v) is 2.38. The van der Waals surface area contributed by atoms with E-state index < -0.39 is 6.17 Å². The maximum Gasteiger partial charge on any atom is 0.139 e. The minimum absolute atomic E-state index is 0.321. The summed E-state index contributed by atoms with van der Waals surface area (Å²) in [7, 11) is 0. The van der Waals surface area contributed by atoms with E-state index in [0.29, 0.717) is 24.3 Å². The van der Waals surface area contributed by atoms with E-state index in [1.807, 2.05) is 0 Å². The molecule has 0 aliphatic carbocycles. The summed E-state index contributed by atoms with van der Waals surface area (Å²) < 4.78 is 17.8. The molecule has 1 aromatic rings. The van der Waals surface area contributed by atoms with Crippen LogP contribution in [0.3, 0.4) is 0 Å². The highest BCUT2D eigenvalue weighted by molar-refractivity contribution is 5.14. The van der Waals surface area contributed by atoms with Gasteiger partial charge < -0.3 is 10.3 Å². The van der Waals surface area contributed by atoms with E-state index in [9.17, 15) is 4.39 Å². The molecule has 0 spiro atoms. The molecule has 3 nitrogen and oxygen atoms in total. The van der Waals surface area contributed by atoms with Gasteiger partial charge in [-0.15, -0.1) is 0 Å². The number of alkyl halides is 1. The van der Waals surface area contributed by atoms with Crippen LogP contribution in [-0.2, 0) is 0 Å². The molecular weight excluding hydrogens is 147 g/mol. The summed E-state index contributed by atoms with van der Waals surface area (Å²) in [6.45, 7) is 2.03. The highest BCUT2D eigenvalue weighted by atomic mass is 19.1. The van der Waals surface area contributed by atoms with Gasteiger partial charge in [0.15, 0.2) is 0 Å². The highest BCUT2D eigenvalue weighted by Gasteiger charge is 2.14. The van der Waals surface area contributed by atoms with Gasteiger partial charge in [0.05, 0.1) is 6.20 Å². The van der Waals surface area contributed by atoms with Gasteiger partial charge in [0, 0.05) is 5.56 Å². The fourth-order valence-electron chi connectivity index (χ4n) is 0.909. The lowest BCUT2D eigenvalue weighted by molar-refractivity contribution is 0.320. The van der Waals surface area contributed by atoms with E-state index in [1.54, 1.807) is 6.92 Å². The van der Waals surface area contributed by atoms with E-state index in [0.717, 1.165) is 0 Å². The average Bonchev–Trinajstić information content (AvgIpc) is 2.36. The van der Waals surface area contributed by atoms with Gasteiger partial charge in [0.25, 0.3) is 0 Å². The van der Waals surface area contributed by atoms with E-state index in [2.05, 4.69) is 5.16 Å². The summed E-state index contributed by atoms with van der Waals surface area (Å²) in [5.41, 5.74) is 5.70. The number of nitrogens with two attached hydrogens (primary N) is 1. The van der Waals surface area contributed by atoms with Crippen molar-refractivity contribution in [2.24, 2.45) is 5.73 Å². The normalized spacial score (nSPS) is 13.4. The number of halogens is 1. The zero-order chi connectivity index (χ0) is 8.27. The van der Waals surface area contributed by atoms with Crippen LogP contribution in [0.1, 0.15) is 23.9 Å². The first-order valence-corrected chi connectivity index (χ1v) is 3.51. The Morgan fingerprint density at radius 3 is 3.00 bits per heavy atom. The monoisotopic (exact) mass is 158 g/mol. The third kappa shape index (κ3) is 1.77. The number of aryl methyl sites for hydroxylation is 1. The predicted octanol–water partition coefficient (Wildman–Crippen LogP) is 1.34. The summed E-state index contributed by atoms with van der Waals surface area (Å²) in [6.07, 6.45) is 0.684. The van der Waals surface area contributed by atoms with Crippen molar-refractivity contribution >= 4 is 0 Å². The fourth-order valence-corrected chi connectivity index (χ4v) is 0.909. The minimum Gasteiger partial charge on any atom is -0.361 e. The van der Waals surface area contributed by atoms with Crippen LogP contribution in [0.2, 0.25) is 0 Å². The number of hydrogen-bond donors (Lipinski definition) is 1. The lowest BCUT2D eigenvalue weighted by Crippen LogP contribution is -2.03. The minimum atomic E-state index is -1.04. The Kier molecular flexibility index (Phi) is 2.59. The molecule has 0 radical (unpaired) electrons. The SMILES string of the molecule is Cc1oncc1C(F)CCN. The van der Waals surface area contributed by atoms with Gasteiger partial charge in [-0.3, -0.25) is 0 Å². The van der Waals surface area contributed by atoms with Crippen LogP contribution in [0.15, 0.2) is 10.7 Å². The van der Waals surface area contributed by atoms with Gasteiger partial charge >= 0.3 is 0 Å². The molecule has 2 N–H and O–H groups in total. The van der Waals surface area contributed by atoms with E-state index in [1.165, 1.54) is 6.20 Å². The van der Waals surface area contributed by atoms with Gasteiger partial charge in [0.1, 0.15) is 11.9 Å². The number of rotatable bonds is 3. The predicted molar refractivity (Wildman–Crippen MR) is 38.8 cm³/mol. The van der Waals surface area contributed by atoms with Crippen molar-refractivity contribution < 1.29 is 8.91 Å². The van der Waals surface area contributed by atoms with Gasteiger partial charge in [-0.1, -0.05) is 5.16 Å². The van der Waals surface area contributed by atoms with E-state index >= 15 is 0 Å². The molecule has 0 aliphatic rings. The molecule has 0 amide bonds. The molecule has 1 rings (SSSR count). The summed E-state index contributed by atoms with van der Waals surface area (Å²) in [6, 6.07) is 0. The van der Waals surface area contributed by atoms with Crippen molar-refractivity contribution in [3.05, 3.63) is 17.5 Å². The molecular formula is C7H11FN2O. The van der Waals surface area contributed by atoms with Crippen molar-refractivity contribution in [2.45, 2.75) is 19.5 Å². The van der Waals surface area contributed by atoms with Crippen molar-refractivity contribution in [3.63, 3.8) is 0 Å². The fraction of sp³-hybridized carbons (Fsp3) is 0.571. The lowest BCUT2D eigenvalue weighted by Gasteiger charge is -2.02. The van der Waals surface area contributed by atoms with Crippen LogP contribution < -0.4 is 5.73 Å². The quantitative estimate of drug-likeness (QED) is 0.722. The molecule has 0 fully saturated rings. The maximum atomic E-state index is 13.0. The molecule has 1 aromatic heterocycles. The Bertz CT molecular complexity index is 224. The van der Waals surface area contributed by atoms with E-state index in [-0.39, 0.29) is 0 Å². The van der Waals surface area contributed by atoms with Crippen LogP contribution in [0.5, 0.6) is 0 Å². The second-order valence-electron chi connectivity index (χ2n) is 2.38. The van der Waals surface area contributed by atoms with Crippen LogP contribution in [0.4, 0.5) is 4.39 Å². The third-order valence-corrected chi connectivity index (χ3v) is 1.55. The Morgan fingerprint density at radius 2 is 2.55 bits per heavy atom. The van der Waals surface area contributed by atoms with Crippen molar-refractivity contribution in [3.8, 4) is 0 Å². The number of aromatic nitrogens is 1. The molecule has 0 aliphatic heterocycles. The molecule has 0 saturated heterocycles. The summed E-state index contributed by atoms with van der Waals surface area (Å²) in [5, 5.41) is 3.47. The largest absolute Gasteiger partial charge is 0.361 e. The first-order chi connectivity index (χ1) is 5.25. The maximum absolute atomic E-state index is 13.0. The Labute approximate surface area is 64.4 Å². The van der Waals surface area contributed by atoms with Gasteiger partial charge in [-0.2, -0.15) is 0 Å². The van der Waals surface area contributed by atoms with Crippen molar-refractivity contribution in [1.29, 1.82) is 0 Å². The lowest BCUT2D eigenvalue weighted by atomic mass is 10.1. The summed E-state index contributed by atoms with van der Waals surface area (Å²) in [4.78, 5) is 0. The van der Waals surface area contributed by atoms with Gasteiger partial charge in [-0.05, 0) is 19.9 Å². The Balaban J connectivity index is 2.67. The molecule has 62 valence electrons.